The summed E-state index contributed by atoms with van der Waals surface area (Å²) in [4.78, 5) is 16.1. The van der Waals surface area contributed by atoms with Gasteiger partial charge in [0.05, 0.1) is 4.90 Å². The molecule has 0 saturated carbocycles. The molecule has 0 aliphatic heterocycles. The lowest BCUT2D eigenvalue weighted by Crippen LogP contribution is -2.30. The fourth-order valence-corrected chi connectivity index (χ4v) is 3.25. The second kappa shape index (κ2) is 8.32. The Balaban J connectivity index is 1.52. The largest absolute Gasteiger partial charge is 0.455 e. The second-order valence-electron chi connectivity index (χ2n) is 6.18. The Bertz CT molecular complexity index is 1060. The summed E-state index contributed by atoms with van der Waals surface area (Å²) < 4.78 is 36.5. The van der Waals surface area contributed by atoms with Gasteiger partial charge in [0.2, 0.25) is 15.8 Å². The summed E-state index contributed by atoms with van der Waals surface area (Å²) in [7, 11) is -3.79. The summed E-state index contributed by atoms with van der Waals surface area (Å²) in [6, 6.07) is 13.8. The maximum absolute atomic E-state index is 12.1. The minimum Gasteiger partial charge on any atom is -0.455 e. The molecule has 0 bridgehead atoms. The molecule has 0 fully saturated rings. The van der Waals surface area contributed by atoms with Gasteiger partial charge in [0.15, 0.2) is 6.61 Å². The molecule has 0 unspecified atom stereocenters. The van der Waals surface area contributed by atoms with Gasteiger partial charge in [0.25, 0.3) is 5.89 Å². The number of aromatic nitrogens is 2. The monoisotopic (exact) mass is 401 g/mol. The van der Waals surface area contributed by atoms with Crippen molar-refractivity contribution >= 4 is 16.0 Å². The molecule has 1 heterocycles. The van der Waals surface area contributed by atoms with Crippen molar-refractivity contribution in [1.82, 2.24) is 14.9 Å². The molecule has 0 atom stereocenters. The standard InChI is InChI=1S/C19H19N3O5S/c1-13-3-7-15(8-4-13)19-21-17(27-22-19)12-26-18(23)11-20-28(24,25)16-9-5-14(2)6-10-16/h3-10,20H,11-12H2,1-2H3. The van der Waals surface area contributed by atoms with Gasteiger partial charge in [0.1, 0.15) is 6.54 Å². The van der Waals surface area contributed by atoms with Crippen LogP contribution in [0.25, 0.3) is 11.4 Å². The van der Waals surface area contributed by atoms with Crippen LogP contribution < -0.4 is 4.72 Å². The summed E-state index contributed by atoms with van der Waals surface area (Å²) in [5, 5.41) is 3.84. The van der Waals surface area contributed by atoms with E-state index in [0.29, 0.717) is 5.82 Å². The molecule has 1 N–H and O–H groups in total. The van der Waals surface area contributed by atoms with Crippen LogP contribution in [0.2, 0.25) is 0 Å². The van der Waals surface area contributed by atoms with Crippen molar-refractivity contribution in [1.29, 1.82) is 0 Å². The van der Waals surface area contributed by atoms with Crippen molar-refractivity contribution in [2.45, 2.75) is 25.3 Å². The predicted molar refractivity (Wildman–Crippen MR) is 101 cm³/mol. The maximum atomic E-state index is 12.1. The molecule has 0 spiro atoms. The third kappa shape index (κ3) is 5.02. The van der Waals surface area contributed by atoms with E-state index in [9.17, 15) is 13.2 Å². The van der Waals surface area contributed by atoms with Crippen LogP contribution in [0.5, 0.6) is 0 Å². The molecular weight excluding hydrogens is 382 g/mol. The van der Waals surface area contributed by atoms with Crippen molar-refractivity contribution < 1.29 is 22.5 Å². The number of rotatable bonds is 7. The molecule has 2 aromatic carbocycles. The fraction of sp³-hybridized carbons (Fsp3) is 0.211. The topological polar surface area (TPSA) is 111 Å². The van der Waals surface area contributed by atoms with E-state index < -0.39 is 22.5 Å². The molecule has 28 heavy (non-hydrogen) atoms. The van der Waals surface area contributed by atoms with Crippen LogP contribution in [0.1, 0.15) is 17.0 Å². The average molecular weight is 401 g/mol. The van der Waals surface area contributed by atoms with E-state index in [2.05, 4.69) is 14.9 Å². The Morgan fingerprint density at radius 2 is 1.64 bits per heavy atom. The van der Waals surface area contributed by atoms with Crippen molar-refractivity contribution in [2.24, 2.45) is 0 Å². The van der Waals surface area contributed by atoms with Gasteiger partial charge in [-0.2, -0.15) is 9.71 Å². The highest BCUT2D eigenvalue weighted by Crippen LogP contribution is 2.16. The Morgan fingerprint density at radius 3 is 2.29 bits per heavy atom. The lowest BCUT2D eigenvalue weighted by atomic mass is 10.1. The second-order valence-corrected chi connectivity index (χ2v) is 7.94. The number of ether oxygens (including phenoxy) is 1. The van der Waals surface area contributed by atoms with Gasteiger partial charge >= 0.3 is 5.97 Å². The zero-order chi connectivity index (χ0) is 20.1. The first-order chi connectivity index (χ1) is 13.3. The molecule has 146 valence electrons. The molecule has 0 saturated heterocycles. The molecular formula is C19H19N3O5S. The van der Waals surface area contributed by atoms with Crippen molar-refractivity contribution in [2.75, 3.05) is 6.54 Å². The third-order valence-corrected chi connectivity index (χ3v) is 5.29. The van der Waals surface area contributed by atoms with Crippen LogP contribution in [0.3, 0.4) is 0 Å². The van der Waals surface area contributed by atoms with E-state index in [1.807, 2.05) is 38.1 Å². The van der Waals surface area contributed by atoms with Gasteiger partial charge in [-0.1, -0.05) is 52.7 Å². The molecule has 0 aliphatic rings. The minimum absolute atomic E-state index is 0.0746. The van der Waals surface area contributed by atoms with Crippen molar-refractivity contribution in [3.63, 3.8) is 0 Å². The molecule has 0 radical (unpaired) electrons. The van der Waals surface area contributed by atoms with Crippen LogP contribution in [-0.2, 0) is 26.2 Å². The van der Waals surface area contributed by atoms with Gasteiger partial charge < -0.3 is 9.26 Å². The Kier molecular flexibility index (Phi) is 5.86. The Morgan fingerprint density at radius 1 is 1.04 bits per heavy atom. The molecule has 1 aromatic heterocycles. The molecule has 9 heteroatoms. The molecule has 8 nitrogen and oxygen atoms in total. The van der Waals surface area contributed by atoms with Crippen LogP contribution >= 0.6 is 0 Å². The fourth-order valence-electron chi connectivity index (χ4n) is 2.28. The number of benzene rings is 2. The first kappa shape index (κ1) is 19.7. The molecule has 3 aromatic rings. The van der Waals surface area contributed by atoms with E-state index in [0.717, 1.165) is 16.7 Å². The first-order valence-electron chi connectivity index (χ1n) is 8.45. The highest BCUT2D eigenvalue weighted by atomic mass is 32.2. The summed E-state index contributed by atoms with van der Waals surface area (Å²) in [5.41, 5.74) is 2.81. The molecule has 0 amide bonds. The first-order valence-corrected chi connectivity index (χ1v) is 9.93. The van der Waals surface area contributed by atoms with Crippen LogP contribution in [0.4, 0.5) is 0 Å². The van der Waals surface area contributed by atoms with Gasteiger partial charge in [-0.25, -0.2) is 8.42 Å². The summed E-state index contributed by atoms with van der Waals surface area (Å²) in [5.74, 6) is -0.262. The lowest BCUT2D eigenvalue weighted by molar-refractivity contribution is -0.144. The van der Waals surface area contributed by atoms with Crippen molar-refractivity contribution in [3.05, 3.63) is 65.5 Å². The van der Waals surface area contributed by atoms with Gasteiger partial charge in [0, 0.05) is 5.56 Å². The summed E-state index contributed by atoms with van der Waals surface area (Å²) >= 11 is 0. The van der Waals surface area contributed by atoms with Crippen LogP contribution in [0.15, 0.2) is 57.9 Å². The summed E-state index contributed by atoms with van der Waals surface area (Å²) in [6.07, 6.45) is 0. The van der Waals surface area contributed by atoms with Crippen LogP contribution in [0, 0.1) is 13.8 Å². The van der Waals surface area contributed by atoms with Crippen LogP contribution in [-0.4, -0.2) is 31.1 Å². The van der Waals surface area contributed by atoms with Gasteiger partial charge in [-0.15, -0.1) is 0 Å². The zero-order valence-corrected chi connectivity index (χ0v) is 16.2. The number of nitrogens with one attached hydrogen (secondary N) is 1. The maximum Gasteiger partial charge on any atom is 0.321 e. The smallest absolute Gasteiger partial charge is 0.321 e. The predicted octanol–water partition coefficient (Wildman–Crippen LogP) is 2.38. The number of hydrogen-bond donors (Lipinski definition) is 1. The number of aryl methyl sites for hydroxylation is 2. The highest BCUT2D eigenvalue weighted by molar-refractivity contribution is 7.89. The summed E-state index contributed by atoms with van der Waals surface area (Å²) in [6.45, 7) is 3.07. The number of hydrogen-bond acceptors (Lipinski definition) is 7. The average Bonchev–Trinajstić information content (AvgIpc) is 3.15. The third-order valence-electron chi connectivity index (χ3n) is 3.87. The number of sulfonamides is 1. The lowest BCUT2D eigenvalue weighted by Gasteiger charge is -2.06. The Hall–Kier alpha value is -3.04. The number of carbonyl (C=O) groups excluding carboxylic acids is 1. The Labute approximate surface area is 162 Å². The van der Waals surface area contributed by atoms with Gasteiger partial charge in [-0.3, -0.25) is 4.79 Å². The van der Waals surface area contributed by atoms with E-state index in [1.165, 1.54) is 12.1 Å². The number of nitrogens with zero attached hydrogens (tertiary/aromatic N) is 2. The van der Waals surface area contributed by atoms with Gasteiger partial charge in [-0.05, 0) is 26.0 Å². The highest BCUT2D eigenvalue weighted by Gasteiger charge is 2.17. The SMILES string of the molecule is Cc1ccc(-c2noc(COC(=O)CNS(=O)(=O)c3ccc(C)cc3)n2)cc1. The minimum atomic E-state index is -3.79. The number of carbonyl (C=O) groups is 1. The zero-order valence-electron chi connectivity index (χ0n) is 15.4. The van der Waals surface area contributed by atoms with E-state index in [-0.39, 0.29) is 17.4 Å². The van der Waals surface area contributed by atoms with E-state index in [1.54, 1.807) is 12.1 Å². The van der Waals surface area contributed by atoms with Crippen molar-refractivity contribution in [3.8, 4) is 11.4 Å². The molecule has 3 rings (SSSR count). The normalized spacial score (nSPS) is 11.4. The van der Waals surface area contributed by atoms with E-state index in [4.69, 9.17) is 9.26 Å². The molecule has 0 aliphatic carbocycles. The van der Waals surface area contributed by atoms with E-state index >= 15 is 0 Å². The number of esters is 1. The quantitative estimate of drug-likeness (QED) is 0.605.